The number of amides is 1. The Kier molecular flexibility index (Phi) is 7.12. The fraction of sp³-hybridized carbons (Fsp3) is 0.136. The van der Waals surface area contributed by atoms with Crippen LogP contribution in [0.1, 0.15) is 5.56 Å². The van der Waals surface area contributed by atoms with Crippen LogP contribution in [0.25, 0.3) is 0 Å². The maximum atomic E-state index is 12.7. The topological polar surface area (TPSA) is 93.7 Å². The van der Waals surface area contributed by atoms with Gasteiger partial charge in [-0.1, -0.05) is 18.2 Å². The van der Waals surface area contributed by atoms with Gasteiger partial charge in [0.1, 0.15) is 11.5 Å². The Bertz CT molecular complexity index is 1230. The number of ether oxygens (including phenoxy) is 2. The van der Waals surface area contributed by atoms with E-state index in [9.17, 15) is 26.4 Å². The molecule has 0 aliphatic carbocycles. The van der Waals surface area contributed by atoms with Crippen LogP contribution in [0.3, 0.4) is 0 Å². The molecule has 0 radical (unpaired) electrons. The number of rotatable bonds is 8. The first kappa shape index (κ1) is 23.9. The van der Waals surface area contributed by atoms with Crippen LogP contribution in [-0.2, 0) is 21.0 Å². The largest absolute Gasteiger partial charge is 0.495 e. The predicted molar refractivity (Wildman–Crippen MR) is 116 cm³/mol. The SMILES string of the molecule is COc1ccccc1NS(=O)(=O)c1ccc(NC(=O)COc2cccc(C(F)(F)F)c2)cc1. The molecule has 0 spiro atoms. The number of nitrogens with one attached hydrogen (secondary N) is 2. The normalized spacial score (nSPS) is 11.5. The van der Waals surface area contributed by atoms with E-state index in [1.165, 1.54) is 43.5 Å². The summed E-state index contributed by atoms with van der Waals surface area (Å²) < 4.78 is 76.1. The molecule has 0 aliphatic rings. The lowest BCUT2D eigenvalue weighted by Crippen LogP contribution is -2.20. The molecule has 0 fully saturated rings. The summed E-state index contributed by atoms with van der Waals surface area (Å²) in [6, 6.07) is 16.0. The average molecular weight is 480 g/mol. The van der Waals surface area contributed by atoms with Crippen molar-refractivity contribution in [1.29, 1.82) is 0 Å². The third kappa shape index (κ3) is 6.39. The van der Waals surface area contributed by atoms with Crippen LogP contribution in [0.2, 0.25) is 0 Å². The zero-order valence-corrected chi connectivity index (χ0v) is 18.0. The van der Waals surface area contributed by atoms with Crippen molar-refractivity contribution in [2.45, 2.75) is 11.1 Å². The number of carbonyl (C=O) groups is 1. The molecule has 0 aliphatic heterocycles. The number of anilines is 2. The Morgan fingerprint density at radius 2 is 1.67 bits per heavy atom. The minimum atomic E-state index is -4.52. The van der Waals surface area contributed by atoms with Gasteiger partial charge in [0.25, 0.3) is 15.9 Å². The van der Waals surface area contributed by atoms with E-state index in [1.807, 2.05) is 0 Å². The Labute approximate surface area is 188 Å². The van der Waals surface area contributed by atoms with E-state index >= 15 is 0 Å². The molecule has 2 N–H and O–H groups in total. The van der Waals surface area contributed by atoms with Crippen molar-refractivity contribution in [3.8, 4) is 11.5 Å². The molecule has 0 saturated carbocycles. The molecule has 11 heteroatoms. The number of carbonyl (C=O) groups excluding carboxylic acids is 1. The quantitative estimate of drug-likeness (QED) is 0.494. The highest BCUT2D eigenvalue weighted by Gasteiger charge is 2.30. The monoisotopic (exact) mass is 480 g/mol. The molecule has 0 aromatic heterocycles. The third-order valence-corrected chi connectivity index (χ3v) is 5.71. The number of hydrogen-bond acceptors (Lipinski definition) is 5. The van der Waals surface area contributed by atoms with Crippen molar-refractivity contribution >= 4 is 27.3 Å². The highest BCUT2D eigenvalue weighted by Crippen LogP contribution is 2.31. The molecular weight excluding hydrogens is 461 g/mol. The van der Waals surface area contributed by atoms with Gasteiger partial charge in [0.2, 0.25) is 0 Å². The Morgan fingerprint density at radius 3 is 2.33 bits per heavy atom. The summed E-state index contributed by atoms with van der Waals surface area (Å²) in [6.45, 7) is -0.531. The van der Waals surface area contributed by atoms with Gasteiger partial charge < -0.3 is 14.8 Å². The van der Waals surface area contributed by atoms with Gasteiger partial charge in [-0.2, -0.15) is 13.2 Å². The van der Waals surface area contributed by atoms with Gasteiger partial charge in [-0.25, -0.2) is 8.42 Å². The Hall–Kier alpha value is -3.73. The number of sulfonamides is 1. The Morgan fingerprint density at radius 1 is 0.970 bits per heavy atom. The maximum absolute atomic E-state index is 12.7. The molecule has 7 nitrogen and oxygen atoms in total. The van der Waals surface area contributed by atoms with E-state index in [4.69, 9.17) is 9.47 Å². The van der Waals surface area contributed by atoms with Gasteiger partial charge in [0, 0.05) is 5.69 Å². The van der Waals surface area contributed by atoms with Crippen LogP contribution in [0, 0.1) is 0 Å². The summed E-state index contributed by atoms with van der Waals surface area (Å²) in [5.41, 5.74) is -0.341. The van der Waals surface area contributed by atoms with Gasteiger partial charge in [-0.3, -0.25) is 9.52 Å². The van der Waals surface area contributed by atoms with E-state index in [1.54, 1.807) is 24.3 Å². The van der Waals surface area contributed by atoms with Crippen LogP contribution in [0.5, 0.6) is 11.5 Å². The Balaban J connectivity index is 1.60. The van der Waals surface area contributed by atoms with Crippen molar-refractivity contribution in [3.63, 3.8) is 0 Å². The van der Waals surface area contributed by atoms with E-state index < -0.39 is 34.3 Å². The highest BCUT2D eigenvalue weighted by molar-refractivity contribution is 7.92. The smallest absolute Gasteiger partial charge is 0.416 e. The molecule has 0 heterocycles. The molecule has 3 aromatic rings. The standard InChI is InChI=1S/C22H19F3N2O5S/c1-31-20-8-3-2-7-19(20)27-33(29,30)18-11-9-16(10-12-18)26-21(28)14-32-17-6-4-5-15(13-17)22(23,24)25/h2-13,27H,14H2,1H3,(H,26,28). The second kappa shape index (κ2) is 9.82. The molecule has 33 heavy (non-hydrogen) atoms. The molecule has 0 bridgehead atoms. The summed E-state index contributed by atoms with van der Waals surface area (Å²) in [5.74, 6) is -0.385. The van der Waals surface area contributed by atoms with Gasteiger partial charge in [0.05, 0.1) is 23.3 Å². The van der Waals surface area contributed by atoms with Crippen molar-refractivity contribution in [3.05, 3.63) is 78.4 Å². The lowest BCUT2D eigenvalue weighted by Gasteiger charge is -2.12. The van der Waals surface area contributed by atoms with Gasteiger partial charge in [0.15, 0.2) is 6.61 Å². The number of benzene rings is 3. The zero-order valence-electron chi connectivity index (χ0n) is 17.2. The van der Waals surface area contributed by atoms with Crippen LogP contribution < -0.4 is 19.5 Å². The molecule has 1 amide bonds. The molecule has 0 unspecified atom stereocenters. The first-order chi connectivity index (χ1) is 15.6. The summed E-state index contributed by atoms with van der Waals surface area (Å²) >= 11 is 0. The first-order valence-corrected chi connectivity index (χ1v) is 10.9. The fourth-order valence-corrected chi connectivity index (χ4v) is 3.83. The molecule has 0 atom stereocenters. The molecule has 3 rings (SSSR count). The second-order valence-electron chi connectivity index (χ2n) is 6.69. The number of halogens is 3. The molecular formula is C22H19F3N2O5S. The van der Waals surface area contributed by atoms with Crippen molar-refractivity contribution < 1.29 is 35.9 Å². The molecule has 0 saturated heterocycles. The van der Waals surface area contributed by atoms with Crippen molar-refractivity contribution in [1.82, 2.24) is 0 Å². The van der Waals surface area contributed by atoms with Crippen LogP contribution in [0.4, 0.5) is 24.5 Å². The maximum Gasteiger partial charge on any atom is 0.416 e. The lowest BCUT2D eigenvalue weighted by molar-refractivity contribution is -0.137. The number of methoxy groups -OCH3 is 1. The third-order valence-electron chi connectivity index (χ3n) is 4.33. The summed E-state index contributed by atoms with van der Waals surface area (Å²) in [5, 5.41) is 2.48. The minimum absolute atomic E-state index is 0.0494. The van der Waals surface area contributed by atoms with E-state index in [0.29, 0.717) is 5.75 Å². The second-order valence-corrected chi connectivity index (χ2v) is 8.38. The van der Waals surface area contributed by atoms with Crippen LogP contribution in [0.15, 0.2) is 77.7 Å². The lowest BCUT2D eigenvalue weighted by atomic mass is 10.2. The van der Waals surface area contributed by atoms with E-state index in [0.717, 1.165) is 12.1 Å². The number of alkyl halides is 3. The van der Waals surface area contributed by atoms with Crippen LogP contribution >= 0.6 is 0 Å². The molecule has 174 valence electrons. The average Bonchev–Trinajstić information content (AvgIpc) is 2.78. The first-order valence-electron chi connectivity index (χ1n) is 9.44. The fourth-order valence-electron chi connectivity index (χ4n) is 2.76. The summed E-state index contributed by atoms with van der Waals surface area (Å²) in [4.78, 5) is 12.0. The summed E-state index contributed by atoms with van der Waals surface area (Å²) in [6.07, 6.45) is -4.52. The predicted octanol–water partition coefficient (Wildman–Crippen LogP) is 4.53. The van der Waals surface area contributed by atoms with E-state index in [2.05, 4.69) is 10.0 Å². The van der Waals surface area contributed by atoms with Gasteiger partial charge >= 0.3 is 6.18 Å². The van der Waals surface area contributed by atoms with Crippen molar-refractivity contribution in [2.75, 3.05) is 23.8 Å². The van der Waals surface area contributed by atoms with Crippen molar-refractivity contribution in [2.24, 2.45) is 0 Å². The van der Waals surface area contributed by atoms with E-state index in [-0.39, 0.29) is 22.0 Å². The van der Waals surface area contributed by atoms with Gasteiger partial charge in [-0.05, 0) is 54.6 Å². The zero-order chi connectivity index (χ0) is 24.1. The van der Waals surface area contributed by atoms with Crippen LogP contribution in [-0.4, -0.2) is 28.0 Å². The highest BCUT2D eigenvalue weighted by atomic mass is 32.2. The van der Waals surface area contributed by atoms with Gasteiger partial charge in [-0.15, -0.1) is 0 Å². The number of para-hydroxylation sites is 2. The molecule has 3 aromatic carbocycles. The number of hydrogen-bond donors (Lipinski definition) is 2. The summed E-state index contributed by atoms with van der Waals surface area (Å²) in [7, 11) is -2.49. The minimum Gasteiger partial charge on any atom is -0.495 e.